The highest BCUT2D eigenvalue weighted by molar-refractivity contribution is 5.95. The highest BCUT2D eigenvalue weighted by atomic mass is 16.4. The maximum absolute atomic E-state index is 12.1. The van der Waals surface area contributed by atoms with Gasteiger partial charge in [0.25, 0.3) is 0 Å². The fourth-order valence-electron chi connectivity index (χ4n) is 2.60. The second-order valence-corrected chi connectivity index (χ2v) is 5.91. The van der Waals surface area contributed by atoms with E-state index in [9.17, 15) is 14.4 Å². The first kappa shape index (κ1) is 16.7. The van der Waals surface area contributed by atoms with Crippen LogP contribution < -0.4 is 11.1 Å². The molecule has 0 aliphatic rings. The van der Waals surface area contributed by atoms with Crippen molar-refractivity contribution in [3.05, 3.63) is 64.1 Å². The van der Waals surface area contributed by atoms with Gasteiger partial charge in [0.1, 0.15) is 0 Å². The highest BCUT2D eigenvalue weighted by Gasteiger charge is 2.08. The van der Waals surface area contributed by atoms with Gasteiger partial charge in [-0.1, -0.05) is 6.07 Å². The lowest BCUT2D eigenvalue weighted by molar-refractivity contribution is -0.116. The van der Waals surface area contributed by atoms with E-state index in [-0.39, 0.29) is 11.7 Å². The first-order chi connectivity index (χ1) is 11.9. The van der Waals surface area contributed by atoms with Crippen molar-refractivity contribution in [2.45, 2.75) is 19.8 Å². The van der Waals surface area contributed by atoms with Gasteiger partial charge in [0.2, 0.25) is 5.91 Å². The van der Waals surface area contributed by atoms with Gasteiger partial charge in [-0.2, -0.15) is 0 Å². The van der Waals surface area contributed by atoms with Gasteiger partial charge in [-0.25, -0.2) is 4.79 Å². The molecule has 2 aromatic carbocycles. The van der Waals surface area contributed by atoms with E-state index in [2.05, 4.69) is 5.32 Å². The van der Waals surface area contributed by atoms with Gasteiger partial charge < -0.3 is 9.73 Å². The summed E-state index contributed by atoms with van der Waals surface area (Å²) in [5.41, 5.74) is 3.46. The standard InChI is InChI=1S/C19H18N2O4/c1-12(22)14-5-7-15(8-6-14)20-18(23)10-4-13-3-9-17-16(11-13)21(2)19(24)25-17/h3,5-9,11H,4,10H2,1-2H3,(H,20,23). The largest absolute Gasteiger partial charge is 0.419 e. The first-order valence-corrected chi connectivity index (χ1v) is 7.93. The number of oxazole rings is 1. The Morgan fingerprint density at radius 3 is 2.52 bits per heavy atom. The van der Waals surface area contributed by atoms with E-state index >= 15 is 0 Å². The van der Waals surface area contributed by atoms with Crippen molar-refractivity contribution in [2.75, 3.05) is 5.32 Å². The Hall–Kier alpha value is -3.15. The molecule has 0 radical (unpaired) electrons. The molecule has 128 valence electrons. The van der Waals surface area contributed by atoms with Gasteiger partial charge in [-0.15, -0.1) is 0 Å². The van der Waals surface area contributed by atoms with Crippen molar-refractivity contribution in [1.82, 2.24) is 4.57 Å². The van der Waals surface area contributed by atoms with Crippen LogP contribution in [0.4, 0.5) is 5.69 Å². The molecule has 0 saturated carbocycles. The fraction of sp³-hybridized carbons (Fsp3) is 0.211. The summed E-state index contributed by atoms with van der Waals surface area (Å²) in [5, 5.41) is 2.81. The van der Waals surface area contributed by atoms with Crippen LogP contribution in [0.3, 0.4) is 0 Å². The molecule has 0 aliphatic carbocycles. The lowest BCUT2D eigenvalue weighted by Crippen LogP contribution is -2.12. The average molecular weight is 338 g/mol. The number of ketones is 1. The van der Waals surface area contributed by atoms with Crippen LogP contribution in [0.5, 0.6) is 0 Å². The molecule has 1 aromatic heterocycles. The summed E-state index contributed by atoms with van der Waals surface area (Å²) in [6.07, 6.45) is 0.860. The SMILES string of the molecule is CC(=O)c1ccc(NC(=O)CCc2ccc3oc(=O)n(C)c3c2)cc1. The molecule has 1 heterocycles. The van der Waals surface area contributed by atoms with E-state index in [1.165, 1.54) is 11.5 Å². The summed E-state index contributed by atoms with van der Waals surface area (Å²) in [6, 6.07) is 12.2. The van der Waals surface area contributed by atoms with Gasteiger partial charge in [0.15, 0.2) is 11.4 Å². The van der Waals surface area contributed by atoms with E-state index in [1.54, 1.807) is 37.4 Å². The molecule has 1 N–H and O–H groups in total. The summed E-state index contributed by atoms with van der Waals surface area (Å²) >= 11 is 0. The number of carbonyl (C=O) groups is 2. The summed E-state index contributed by atoms with van der Waals surface area (Å²) in [7, 11) is 1.65. The minimum Gasteiger partial charge on any atom is -0.408 e. The maximum Gasteiger partial charge on any atom is 0.419 e. The number of hydrogen-bond donors (Lipinski definition) is 1. The lowest BCUT2D eigenvalue weighted by atomic mass is 10.1. The molecular weight excluding hydrogens is 320 g/mol. The smallest absolute Gasteiger partial charge is 0.408 e. The number of nitrogens with zero attached hydrogens (tertiary/aromatic N) is 1. The van der Waals surface area contributed by atoms with E-state index < -0.39 is 5.76 Å². The molecule has 1 amide bonds. The van der Waals surface area contributed by atoms with Crippen molar-refractivity contribution in [1.29, 1.82) is 0 Å². The van der Waals surface area contributed by atoms with Gasteiger partial charge in [-0.3, -0.25) is 14.2 Å². The third-order valence-corrected chi connectivity index (χ3v) is 4.07. The topological polar surface area (TPSA) is 81.3 Å². The number of rotatable bonds is 5. The summed E-state index contributed by atoms with van der Waals surface area (Å²) in [5.74, 6) is -0.530. The number of fused-ring (bicyclic) bond motifs is 1. The molecular formula is C19H18N2O4. The lowest BCUT2D eigenvalue weighted by Gasteiger charge is -2.06. The zero-order chi connectivity index (χ0) is 18.0. The van der Waals surface area contributed by atoms with Crippen molar-refractivity contribution >= 4 is 28.5 Å². The van der Waals surface area contributed by atoms with E-state index in [0.717, 1.165) is 5.56 Å². The number of aryl methyl sites for hydroxylation is 2. The van der Waals surface area contributed by atoms with Crippen LogP contribution in [0.1, 0.15) is 29.3 Å². The molecule has 6 heteroatoms. The Balaban J connectivity index is 1.63. The summed E-state index contributed by atoms with van der Waals surface area (Å²) < 4.78 is 6.53. The van der Waals surface area contributed by atoms with Gasteiger partial charge >= 0.3 is 5.76 Å². The van der Waals surface area contributed by atoms with Crippen molar-refractivity contribution in [2.24, 2.45) is 7.05 Å². The molecule has 0 fully saturated rings. The third kappa shape index (κ3) is 3.68. The Morgan fingerprint density at radius 2 is 1.84 bits per heavy atom. The number of nitrogens with one attached hydrogen (secondary N) is 1. The van der Waals surface area contributed by atoms with Crippen LogP contribution in [0.15, 0.2) is 51.7 Å². The van der Waals surface area contributed by atoms with E-state index in [0.29, 0.717) is 35.2 Å². The minimum absolute atomic E-state index is 0.0121. The molecule has 3 rings (SSSR count). The van der Waals surface area contributed by atoms with Crippen LogP contribution in [0.2, 0.25) is 0 Å². The van der Waals surface area contributed by atoms with Crippen LogP contribution >= 0.6 is 0 Å². The van der Waals surface area contributed by atoms with Gasteiger partial charge in [0.05, 0.1) is 5.52 Å². The fourth-order valence-corrected chi connectivity index (χ4v) is 2.60. The number of carbonyl (C=O) groups excluding carboxylic acids is 2. The number of anilines is 1. The van der Waals surface area contributed by atoms with Gasteiger partial charge in [0, 0.05) is 24.7 Å². The van der Waals surface area contributed by atoms with Crippen LogP contribution in [-0.4, -0.2) is 16.3 Å². The first-order valence-electron chi connectivity index (χ1n) is 7.93. The number of benzene rings is 2. The van der Waals surface area contributed by atoms with Crippen molar-refractivity contribution in [3.8, 4) is 0 Å². The molecule has 0 saturated heterocycles. The molecule has 0 bridgehead atoms. The van der Waals surface area contributed by atoms with Crippen LogP contribution in [-0.2, 0) is 18.3 Å². The van der Waals surface area contributed by atoms with Gasteiger partial charge in [-0.05, 0) is 55.3 Å². The molecule has 6 nitrogen and oxygen atoms in total. The minimum atomic E-state index is -0.404. The predicted molar refractivity (Wildman–Crippen MR) is 94.9 cm³/mol. The number of hydrogen-bond acceptors (Lipinski definition) is 4. The normalized spacial score (nSPS) is 10.8. The predicted octanol–water partition coefficient (Wildman–Crippen LogP) is 2.91. The summed E-state index contributed by atoms with van der Waals surface area (Å²) in [6.45, 7) is 1.50. The van der Waals surface area contributed by atoms with E-state index in [1.807, 2.05) is 12.1 Å². The molecule has 3 aromatic rings. The number of Topliss-reactive ketones (excluding diaryl/α,β-unsaturated/α-hetero) is 1. The second kappa shape index (κ2) is 6.76. The molecule has 25 heavy (non-hydrogen) atoms. The van der Waals surface area contributed by atoms with Crippen molar-refractivity contribution < 1.29 is 14.0 Å². The Labute approximate surface area is 144 Å². The number of amides is 1. The van der Waals surface area contributed by atoms with Crippen LogP contribution in [0.25, 0.3) is 11.1 Å². The Bertz CT molecular complexity index is 996. The zero-order valence-electron chi connectivity index (χ0n) is 14.0. The molecule has 0 atom stereocenters. The molecule has 0 unspecified atom stereocenters. The number of aromatic nitrogens is 1. The molecule has 0 aliphatic heterocycles. The quantitative estimate of drug-likeness (QED) is 0.725. The van der Waals surface area contributed by atoms with Crippen LogP contribution in [0, 0.1) is 0 Å². The van der Waals surface area contributed by atoms with Crippen molar-refractivity contribution in [3.63, 3.8) is 0 Å². The maximum atomic E-state index is 12.1. The zero-order valence-corrected chi connectivity index (χ0v) is 14.0. The Kier molecular flexibility index (Phi) is 4.52. The summed E-state index contributed by atoms with van der Waals surface area (Å²) in [4.78, 5) is 34.8. The Morgan fingerprint density at radius 1 is 1.12 bits per heavy atom. The van der Waals surface area contributed by atoms with E-state index in [4.69, 9.17) is 4.42 Å². The average Bonchev–Trinajstić information content (AvgIpc) is 2.88. The third-order valence-electron chi connectivity index (χ3n) is 4.07. The highest BCUT2D eigenvalue weighted by Crippen LogP contribution is 2.16. The second-order valence-electron chi connectivity index (χ2n) is 5.91. The molecule has 0 spiro atoms. The monoisotopic (exact) mass is 338 g/mol.